The van der Waals surface area contributed by atoms with Crippen LogP contribution in [-0.2, 0) is 11.0 Å². The number of alkyl halides is 3. The second-order valence-corrected chi connectivity index (χ2v) is 5.54. The van der Waals surface area contributed by atoms with Crippen molar-refractivity contribution >= 4 is 40.3 Å². The van der Waals surface area contributed by atoms with Crippen molar-refractivity contribution in [3.05, 3.63) is 40.3 Å². The van der Waals surface area contributed by atoms with Gasteiger partial charge in [0, 0.05) is 7.05 Å². The maximum absolute atomic E-state index is 12.4. The van der Waals surface area contributed by atoms with Gasteiger partial charge < -0.3 is 0 Å². The number of carbonyl (C=O) groups excluding carboxylic acids is 1. The number of rotatable bonds is 1. The first-order chi connectivity index (χ1) is 8.79. The van der Waals surface area contributed by atoms with E-state index in [2.05, 4.69) is 0 Å². The maximum atomic E-state index is 12.4. The Morgan fingerprint density at radius 1 is 1.26 bits per heavy atom. The van der Waals surface area contributed by atoms with Crippen LogP contribution in [0.5, 0.6) is 0 Å². The van der Waals surface area contributed by atoms with Crippen molar-refractivity contribution in [2.75, 3.05) is 7.05 Å². The summed E-state index contributed by atoms with van der Waals surface area (Å²) in [7, 11) is 1.56. The SMILES string of the molecule is CN1C(=O)/C(=C\c2ccc(C(F)(F)F)cc2)SC1=S. The van der Waals surface area contributed by atoms with Gasteiger partial charge in [-0.15, -0.1) is 0 Å². The molecule has 0 saturated carbocycles. The van der Waals surface area contributed by atoms with Gasteiger partial charge in [-0.1, -0.05) is 36.1 Å². The van der Waals surface area contributed by atoms with Gasteiger partial charge in [-0.2, -0.15) is 13.2 Å². The molecule has 1 aromatic carbocycles. The Kier molecular flexibility index (Phi) is 3.69. The van der Waals surface area contributed by atoms with Crippen LogP contribution in [0.15, 0.2) is 29.2 Å². The third kappa shape index (κ3) is 2.98. The fourth-order valence-corrected chi connectivity index (χ4v) is 2.64. The molecular formula is C12H8F3NOS2. The monoisotopic (exact) mass is 303 g/mol. The van der Waals surface area contributed by atoms with Crippen LogP contribution in [0.3, 0.4) is 0 Å². The molecule has 0 radical (unpaired) electrons. The highest BCUT2D eigenvalue weighted by Gasteiger charge is 2.30. The second kappa shape index (κ2) is 4.97. The second-order valence-electron chi connectivity index (χ2n) is 3.86. The summed E-state index contributed by atoms with van der Waals surface area (Å²) in [6, 6.07) is 4.62. The number of hydrogen-bond donors (Lipinski definition) is 0. The third-order valence-corrected chi connectivity index (χ3v) is 4.01. The van der Waals surface area contributed by atoms with Crippen LogP contribution in [0.2, 0.25) is 0 Å². The molecule has 1 saturated heterocycles. The fraction of sp³-hybridized carbons (Fsp3) is 0.167. The lowest BCUT2D eigenvalue weighted by Crippen LogP contribution is -2.22. The van der Waals surface area contributed by atoms with Crippen LogP contribution in [0.4, 0.5) is 13.2 Å². The summed E-state index contributed by atoms with van der Waals surface area (Å²) in [5, 5.41) is 0. The number of carbonyl (C=O) groups is 1. The van der Waals surface area contributed by atoms with Crippen LogP contribution in [-0.4, -0.2) is 22.2 Å². The average molecular weight is 303 g/mol. The Morgan fingerprint density at radius 3 is 2.26 bits per heavy atom. The summed E-state index contributed by atoms with van der Waals surface area (Å²) in [4.78, 5) is 13.5. The first-order valence-electron chi connectivity index (χ1n) is 5.18. The molecule has 2 nitrogen and oxygen atoms in total. The highest BCUT2D eigenvalue weighted by Crippen LogP contribution is 2.32. The molecule has 0 N–H and O–H groups in total. The fourth-order valence-electron chi connectivity index (χ4n) is 1.47. The van der Waals surface area contributed by atoms with Gasteiger partial charge in [0.2, 0.25) is 0 Å². The number of nitrogens with zero attached hydrogens (tertiary/aromatic N) is 1. The zero-order valence-corrected chi connectivity index (χ0v) is 11.3. The number of thiocarbonyl (C=S) groups is 1. The number of amides is 1. The van der Waals surface area contributed by atoms with Crippen molar-refractivity contribution in [1.29, 1.82) is 0 Å². The zero-order chi connectivity index (χ0) is 14.2. The topological polar surface area (TPSA) is 20.3 Å². The molecule has 1 amide bonds. The predicted octanol–water partition coefficient (Wildman–Crippen LogP) is 3.54. The lowest BCUT2D eigenvalue weighted by Gasteiger charge is -2.06. The van der Waals surface area contributed by atoms with E-state index in [9.17, 15) is 18.0 Å². The molecule has 1 aliphatic heterocycles. The number of thioether (sulfide) groups is 1. The molecule has 1 fully saturated rings. The van der Waals surface area contributed by atoms with E-state index in [1.807, 2.05) is 0 Å². The van der Waals surface area contributed by atoms with Crippen LogP contribution >= 0.6 is 24.0 Å². The molecule has 0 aromatic heterocycles. The van der Waals surface area contributed by atoms with Gasteiger partial charge in [0.1, 0.15) is 4.32 Å². The molecule has 100 valence electrons. The minimum atomic E-state index is -4.36. The molecule has 19 heavy (non-hydrogen) atoms. The Hall–Kier alpha value is -1.34. The number of benzene rings is 1. The molecule has 1 heterocycles. The van der Waals surface area contributed by atoms with Crippen molar-refractivity contribution in [2.45, 2.75) is 6.18 Å². The first-order valence-corrected chi connectivity index (χ1v) is 6.40. The van der Waals surface area contributed by atoms with Gasteiger partial charge in [0.15, 0.2) is 0 Å². The van der Waals surface area contributed by atoms with Crippen molar-refractivity contribution in [1.82, 2.24) is 4.90 Å². The third-order valence-electron chi connectivity index (χ3n) is 2.52. The molecule has 7 heteroatoms. The normalized spacial score (nSPS) is 18.5. The van der Waals surface area contributed by atoms with E-state index in [1.54, 1.807) is 7.05 Å². The summed E-state index contributed by atoms with van der Waals surface area (Å²) >= 11 is 6.09. The van der Waals surface area contributed by atoms with Crippen LogP contribution < -0.4 is 0 Å². The van der Waals surface area contributed by atoms with E-state index in [1.165, 1.54) is 23.1 Å². The Balaban J connectivity index is 2.25. The Labute approximate surface area is 117 Å². The van der Waals surface area contributed by atoms with E-state index in [-0.39, 0.29) is 5.91 Å². The van der Waals surface area contributed by atoms with Crippen LogP contribution in [0.1, 0.15) is 11.1 Å². The van der Waals surface area contributed by atoms with E-state index < -0.39 is 11.7 Å². The minimum Gasteiger partial charge on any atom is -0.296 e. The smallest absolute Gasteiger partial charge is 0.296 e. The molecular weight excluding hydrogens is 295 g/mol. The predicted molar refractivity (Wildman–Crippen MR) is 72.4 cm³/mol. The van der Waals surface area contributed by atoms with Crippen molar-refractivity contribution in [2.24, 2.45) is 0 Å². The largest absolute Gasteiger partial charge is 0.416 e. The Morgan fingerprint density at radius 2 is 1.84 bits per heavy atom. The number of likely N-dealkylation sites (N-methyl/N-ethyl adjacent to an activating group) is 1. The quantitative estimate of drug-likeness (QED) is 0.585. The van der Waals surface area contributed by atoms with Gasteiger partial charge in [-0.3, -0.25) is 9.69 Å². The average Bonchev–Trinajstić information content (AvgIpc) is 2.57. The number of halogens is 3. The summed E-state index contributed by atoms with van der Waals surface area (Å²) in [6.45, 7) is 0. The molecule has 1 aliphatic rings. The summed E-state index contributed by atoms with van der Waals surface area (Å²) in [5.41, 5.74) is -0.186. The molecule has 0 unspecified atom stereocenters. The minimum absolute atomic E-state index is 0.241. The highest BCUT2D eigenvalue weighted by atomic mass is 32.2. The summed E-state index contributed by atoms with van der Waals surface area (Å²) < 4.78 is 37.6. The molecule has 0 atom stereocenters. The lowest BCUT2D eigenvalue weighted by atomic mass is 10.1. The summed E-state index contributed by atoms with van der Waals surface area (Å²) in [5.74, 6) is -0.241. The van der Waals surface area contributed by atoms with Gasteiger partial charge in [-0.05, 0) is 23.8 Å². The van der Waals surface area contributed by atoms with E-state index >= 15 is 0 Å². The van der Waals surface area contributed by atoms with E-state index in [0.29, 0.717) is 14.8 Å². The van der Waals surface area contributed by atoms with Crippen molar-refractivity contribution < 1.29 is 18.0 Å². The molecule has 2 rings (SSSR count). The van der Waals surface area contributed by atoms with Crippen LogP contribution in [0.25, 0.3) is 6.08 Å². The molecule has 0 spiro atoms. The highest BCUT2D eigenvalue weighted by molar-refractivity contribution is 8.26. The molecule has 0 aliphatic carbocycles. The van der Waals surface area contributed by atoms with Gasteiger partial charge in [0.05, 0.1) is 10.5 Å². The zero-order valence-electron chi connectivity index (χ0n) is 9.69. The van der Waals surface area contributed by atoms with Crippen LogP contribution in [0, 0.1) is 0 Å². The van der Waals surface area contributed by atoms with Crippen molar-refractivity contribution in [3.63, 3.8) is 0 Å². The molecule has 0 bridgehead atoms. The standard InChI is InChI=1S/C12H8F3NOS2/c1-16-10(17)9(19-11(16)18)6-7-2-4-8(5-3-7)12(13,14)15/h2-6H,1H3/b9-6+. The van der Waals surface area contributed by atoms with Gasteiger partial charge >= 0.3 is 6.18 Å². The molecule has 1 aromatic rings. The Bertz CT molecular complexity index is 563. The van der Waals surface area contributed by atoms with Crippen molar-refractivity contribution in [3.8, 4) is 0 Å². The number of hydrogen-bond acceptors (Lipinski definition) is 3. The van der Waals surface area contributed by atoms with E-state index in [0.717, 1.165) is 23.9 Å². The van der Waals surface area contributed by atoms with E-state index in [4.69, 9.17) is 12.2 Å². The lowest BCUT2D eigenvalue weighted by molar-refractivity contribution is -0.137. The van der Waals surface area contributed by atoms with Gasteiger partial charge in [-0.25, -0.2) is 0 Å². The summed E-state index contributed by atoms with van der Waals surface area (Å²) in [6.07, 6.45) is -2.83. The first kappa shape index (κ1) is 14.1. The van der Waals surface area contributed by atoms with Gasteiger partial charge in [0.25, 0.3) is 5.91 Å². The maximum Gasteiger partial charge on any atom is 0.416 e.